The lowest BCUT2D eigenvalue weighted by molar-refractivity contribution is -0.123. The van der Waals surface area contributed by atoms with Gasteiger partial charge in [0, 0.05) is 12.5 Å². The maximum atomic E-state index is 12.6. The number of halogens is 1. The van der Waals surface area contributed by atoms with Crippen LogP contribution in [0, 0.1) is 11.8 Å². The molecule has 4 heteroatoms. The van der Waals surface area contributed by atoms with E-state index in [2.05, 4.69) is 12.0 Å². The monoisotopic (exact) mass is 310 g/mol. The third kappa shape index (κ3) is 3.68. The van der Waals surface area contributed by atoms with Gasteiger partial charge in [-0.15, -0.1) is 0 Å². The van der Waals surface area contributed by atoms with E-state index in [1.54, 1.807) is 0 Å². The Labute approximate surface area is 133 Å². The van der Waals surface area contributed by atoms with Gasteiger partial charge in [-0.05, 0) is 44.9 Å². The number of Topliss-reactive ketones (excluding diaryl/α,β-unsaturated/α-hetero) is 1. The molecule has 1 saturated carbocycles. The molecule has 118 valence electrons. The third-order valence-corrected chi connectivity index (χ3v) is 5.35. The fraction of sp³-hybridized carbons (Fsp3) is 0.765. The molecule has 1 fully saturated rings. The van der Waals surface area contributed by atoms with E-state index in [-0.39, 0.29) is 5.92 Å². The van der Waals surface area contributed by atoms with Crippen molar-refractivity contribution >= 4 is 17.4 Å². The third-order valence-electron chi connectivity index (χ3n) is 4.92. The summed E-state index contributed by atoms with van der Waals surface area (Å²) in [6, 6.07) is 0. The van der Waals surface area contributed by atoms with E-state index in [0.29, 0.717) is 17.2 Å². The van der Waals surface area contributed by atoms with Gasteiger partial charge in [0.25, 0.3) is 0 Å². The Bertz CT molecular complexity index is 487. The zero-order valence-electron chi connectivity index (χ0n) is 13.5. The summed E-state index contributed by atoms with van der Waals surface area (Å²) >= 11 is 6.40. The second kappa shape index (κ2) is 7.44. The topological polar surface area (TPSA) is 34.9 Å². The largest absolute Gasteiger partial charge is 0.299 e. The van der Waals surface area contributed by atoms with Gasteiger partial charge < -0.3 is 0 Å². The Morgan fingerprint density at radius 3 is 2.43 bits per heavy atom. The Hall–Kier alpha value is -0.830. The molecular formula is C17H27ClN2O. The molecule has 21 heavy (non-hydrogen) atoms. The minimum Gasteiger partial charge on any atom is -0.299 e. The molecule has 2 rings (SSSR count). The standard InChI is InChI=1S/C17H27ClN2O/c1-4-12-7-9-13(10-8-12)16(21)11-15-17(18)14(5-2)19-20(15)6-3/h12-13H,4-11H2,1-3H3. The molecule has 1 aromatic rings. The highest BCUT2D eigenvalue weighted by atomic mass is 35.5. The predicted octanol–water partition coefficient (Wildman–Crippen LogP) is 4.45. The molecule has 1 heterocycles. The SMILES string of the molecule is CCc1nn(CC)c(CC(=O)C2CCC(CC)CC2)c1Cl. The summed E-state index contributed by atoms with van der Waals surface area (Å²) < 4.78 is 1.90. The van der Waals surface area contributed by atoms with Crippen LogP contribution in [0.2, 0.25) is 5.02 Å². The van der Waals surface area contributed by atoms with Gasteiger partial charge in [-0.3, -0.25) is 9.48 Å². The number of aromatic nitrogens is 2. The first-order chi connectivity index (χ1) is 10.1. The number of nitrogens with zero attached hydrogens (tertiary/aromatic N) is 2. The number of aryl methyl sites for hydroxylation is 2. The van der Waals surface area contributed by atoms with Gasteiger partial charge in [0.1, 0.15) is 5.78 Å². The molecule has 0 aromatic carbocycles. The summed E-state index contributed by atoms with van der Waals surface area (Å²) in [5.41, 5.74) is 1.83. The van der Waals surface area contributed by atoms with Gasteiger partial charge in [0.05, 0.1) is 22.8 Å². The van der Waals surface area contributed by atoms with Crippen LogP contribution in [0.25, 0.3) is 0 Å². The zero-order chi connectivity index (χ0) is 15.4. The number of rotatable bonds is 6. The van der Waals surface area contributed by atoms with Crippen LogP contribution in [0.3, 0.4) is 0 Å². The lowest BCUT2D eigenvalue weighted by Crippen LogP contribution is -2.24. The number of carbonyl (C=O) groups excluding carboxylic acids is 1. The lowest BCUT2D eigenvalue weighted by atomic mass is 9.78. The molecule has 1 aliphatic rings. The van der Waals surface area contributed by atoms with Gasteiger partial charge in [0.15, 0.2) is 0 Å². The molecule has 1 aromatic heterocycles. The van der Waals surface area contributed by atoms with E-state index in [0.717, 1.165) is 43.1 Å². The van der Waals surface area contributed by atoms with Crippen molar-refractivity contribution in [3.63, 3.8) is 0 Å². The van der Waals surface area contributed by atoms with Gasteiger partial charge in [0.2, 0.25) is 0 Å². The van der Waals surface area contributed by atoms with Crippen LogP contribution < -0.4 is 0 Å². The lowest BCUT2D eigenvalue weighted by Gasteiger charge is -2.26. The van der Waals surface area contributed by atoms with E-state index in [1.807, 2.05) is 18.5 Å². The van der Waals surface area contributed by atoms with Crippen LogP contribution in [0.15, 0.2) is 0 Å². The molecule has 3 nitrogen and oxygen atoms in total. The van der Waals surface area contributed by atoms with Crippen molar-refractivity contribution < 1.29 is 4.79 Å². The molecule has 0 saturated heterocycles. The highest BCUT2D eigenvalue weighted by molar-refractivity contribution is 6.32. The van der Waals surface area contributed by atoms with Crippen molar-refractivity contribution in [3.8, 4) is 0 Å². The van der Waals surface area contributed by atoms with Crippen molar-refractivity contribution in [2.45, 2.75) is 72.3 Å². The number of carbonyl (C=O) groups is 1. The Balaban J connectivity index is 2.04. The molecule has 0 amide bonds. The highest BCUT2D eigenvalue weighted by Crippen LogP contribution is 2.32. The van der Waals surface area contributed by atoms with Crippen LogP contribution >= 0.6 is 11.6 Å². The Morgan fingerprint density at radius 2 is 1.90 bits per heavy atom. The molecule has 0 spiro atoms. The fourth-order valence-electron chi connectivity index (χ4n) is 3.39. The van der Waals surface area contributed by atoms with Gasteiger partial charge in [-0.25, -0.2) is 0 Å². The quantitative estimate of drug-likeness (QED) is 0.778. The van der Waals surface area contributed by atoms with Crippen molar-refractivity contribution in [2.75, 3.05) is 0 Å². The average Bonchev–Trinajstić information content (AvgIpc) is 2.83. The first-order valence-electron chi connectivity index (χ1n) is 8.37. The minimum absolute atomic E-state index is 0.231. The van der Waals surface area contributed by atoms with Crippen LogP contribution in [0.4, 0.5) is 0 Å². The normalized spacial score (nSPS) is 22.5. The second-order valence-corrected chi connectivity index (χ2v) is 6.52. The summed E-state index contributed by atoms with van der Waals surface area (Å²) in [7, 11) is 0. The Morgan fingerprint density at radius 1 is 1.24 bits per heavy atom. The fourth-order valence-corrected chi connectivity index (χ4v) is 3.72. The van der Waals surface area contributed by atoms with E-state index in [1.165, 1.54) is 19.3 Å². The summed E-state index contributed by atoms with van der Waals surface area (Å²) in [5.74, 6) is 1.41. The van der Waals surface area contributed by atoms with Crippen LogP contribution in [0.5, 0.6) is 0 Å². The summed E-state index contributed by atoms with van der Waals surface area (Å²) in [6.07, 6.45) is 7.01. The van der Waals surface area contributed by atoms with Crippen LogP contribution in [-0.2, 0) is 24.2 Å². The summed E-state index contributed by atoms with van der Waals surface area (Å²) in [6.45, 7) is 7.11. The van der Waals surface area contributed by atoms with E-state index >= 15 is 0 Å². The number of ketones is 1. The van der Waals surface area contributed by atoms with Gasteiger partial charge in [-0.2, -0.15) is 5.10 Å². The molecule has 1 aliphatic carbocycles. The highest BCUT2D eigenvalue weighted by Gasteiger charge is 2.27. The number of hydrogen-bond donors (Lipinski definition) is 0. The average molecular weight is 311 g/mol. The van der Waals surface area contributed by atoms with Gasteiger partial charge >= 0.3 is 0 Å². The van der Waals surface area contributed by atoms with Crippen molar-refractivity contribution in [1.29, 1.82) is 0 Å². The van der Waals surface area contributed by atoms with Crippen molar-refractivity contribution in [2.24, 2.45) is 11.8 Å². The molecule has 0 atom stereocenters. The maximum absolute atomic E-state index is 12.6. The first kappa shape index (κ1) is 16.5. The first-order valence-corrected chi connectivity index (χ1v) is 8.75. The van der Waals surface area contributed by atoms with Crippen LogP contribution in [0.1, 0.15) is 64.3 Å². The molecule has 0 bridgehead atoms. The summed E-state index contributed by atoms with van der Waals surface area (Å²) in [5, 5.41) is 5.21. The van der Waals surface area contributed by atoms with E-state index < -0.39 is 0 Å². The van der Waals surface area contributed by atoms with Crippen molar-refractivity contribution in [1.82, 2.24) is 9.78 Å². The second-order valence-electron chi connectivity index (χ2n) is 6.15. The molecular weight excluding hydrogens is 284 g/mol. The zero-order valence-corrected chi connectivity index (χ0v) is 14.2. The minimum atomic E-state index is 0.231. The maximum Gasteiger partial charge on any atom is 0.141 e. The molecule has 0 unspecified atom stereocenters. The van der Waals surface area contributed by atoms with Gasteiger partial charge in [-0.1, -0.05) is 31.9 Å². The van der Waals surface area contributed by atoms with E-state index in [4.69, 9.17) is 11.6 Å². The smallest absolute Gasteiger partial charge is 0.141 e. The van der Waals surface area contributed by atoms with Crippen molar-refractivity contribution in [3.05, 3.63) is 16.4 Å². The predicted molar refractivity (Wildman–Crippen MR) is 86.7 cm³/mol. The van der Waals surface area contributed by atoms with E-state index in [9.17, 15) is 4.79 Å². The summed E-state index contributed by atoms with van der Waals surface area (Å²) in [4.78, 5) is 12.6. The molecule has 0 N–H and O–H groups in total. The Kier molecular flexibility index (Phi) is 5.86. The molecule has 0 aliphatic heterocycles. The van der Waals surface area contributed by atoms with Crippen LogP contribution in [-0.4, -0.2) is 15.6 Å². The number of hydrogen-bond acceptors (Lipinski definition) is 2. The molecule has 0 radical (unpaired) electrons.